The zero-order valence-electron chi connectivity index (χ0n) is 19.3. The van der Waals surface area contributed by atoms with E-state index in [4.69, 9.17) is 9.47 Å². The SMILES string of the molecule is COC(=O)[C@@H](C)Oc1nc(Nc2nc3ccccc3s2)c2c(S(=O)(=O)C(C)(C)C)cccc2n1. The van der Waals surface area contributed by atoms with Crippen molar-refractivity contribution in [3.05, 3.63) is 42.5 Å². The summed E-state index contributed by atoms with van der Waals surface area (Å²) in [6, 6.07) is 12.3. The Morgan fingerprint density at radius 3 is 2.41 bits per heavy atom. The number of benzene rings is 2. The molecule has 4 rings (SSSR count). The number of anilines is 2. The van der Waals surface area contributed by atoms with Crippen molar-refractivity contribution in [2.45, 2.75) is 43.4 Å². The molecule has 0 aliphatic carbocycles. The predicted octanol–water partition coefficient (Wildman–Crippen LogP) is 4.50. The van der Waals surface area contributed by atoms with Gasteiger partial charge >= 0.3 is 12.0 Å². The first kappa shape index (κ1) is 23.8. The number of hydrogen-bond donors (Lipinski definition) is 1. The summed E-state index contributed by atoms with van der Waals surface area (Å²) in [5.74, 6) is -0.381. The molecule has 0 aliphatic rings. The molecule has 0 radical (unpaired) electrons. The first-order valence-corrected chi connectivity index (χ1v) is 12.7. The summed E-state index contributed by atoms with van der Waals surface area (Å²) in [5, 5.41) is 3.99. The Balaban J connectivity index is 1.92. The van der Waals surface area contributed by atoms with Crippen molar-refractivity contribution < 1.29 is 22.7 Å². The third kappa shape index (κ3) is 4.40. The number of esters is 1. The summed E-state index contributed by atoms with van der Waals surface area (Å²) >= 11 is 1.40. The fraction of sp³-hybridized carbons (Fsp3) is 0.304. The molecule has 2 aromatic carbocycles. The number of ether oxygens (including phenoxy) is 2. The van der Waals surface area contributed by atoms with Gasteiger partial charge in [0, 0.05) is 0 Å². The van der Waals surface area contributed by atoms with Crippen LogP contribution >= 0.6 is 11.3 Å². The van der Waals surface area contributed by atoms with E-state index in [9.17, 15) is 13.2 Å². The van der Waals surface area contributed by atoms with Crippen molar-refractivity contribution in [3.63, 3.8) is 0 Å². The molecule has 0 saturated carbocycles. The van der Waals surface area contributed by atoms with E-state index >= 15 is 0 Å². The number of nitrogens with zero attached hydrogens (tertiary/aromatic N) is 3. The average molecular weight is 501 g/mol. The van der Waals surface area contributed by atoms with Crippen molar-refractivity contribution in [1.29, 1.82) is 0 Å². The predicted molar refractivity (Wildman–Crippen MR) is 131 cm³/mol. The van der Waals surface area contributed by atoms with Crippen molar-refractivity contribution in [2.75, 3.05) is 12.4 Å². The van der Waals surface area contributed by atoms with E-state index in [0.29, 0.717) is 16.0 Å². The number of carbonyl (C=O) groups is 1. The van der Waals surface area contributed by atoms with Gasteiger partial charge in [-0.1, -0.05) is 29.5 Å². The number of carbonyl (C=O) groups excluding carboxylic acids is 1. The molecule has 0 fully saturated rings. The summed E-state index contributed by atoms with van der Waals surface area (Å²) in [5.41, 5.74) is 1.14. The second kappa shape index (κ2) is 8.80. The Labute approximate surface area is 201 Å². The topological polar surface area (TPSA) is 120 Å². The highest BCUT2D eigenvalue weighted by atomic mass is 32.2. The van der Waals surface area contributed by atoms with Crippen LogP contribution in [0.1, 0.15) is 27.7 Å². The fourth-order valence-electron chi connectivity index (χ4n) is 3.23. The zero-order chi connectivity index (χ0) is 24.7. The molecule has 0 unspecified atom stereocenters. The van der Waals surface area contributed by atoms with E-state index in [-0.39, 0.29) is 16.7 Å². The van der Waals surface area contributed by atoms with Crippen LogP contribution in [0.2, 0.25) is 0 Å². The van der Waals surface area contributed by atoms with Crippen LogP contribution in [-0.4, -0.2) is 47.3 Å². The summed E-state index contributed by atoms with van der Waals surface area (Å²) in [4.78, 5) is 25.3. The first-order chi connectivity index (χ1) is 16.0. The van der Waals surface area contributed by atoms with Gasteiger partial charge in [0.05, 0.1) is 37.9 Å². The molecule has 2 heterocycles. The minimum atomic E-state index is -3.75. The zero-order valence-corrected chi connectivity index (χ0v) is 21.0. The first-order valence-electron chi connectivity index (χ1n) is 10.4. The lowest BCUT2D eigenvalue weighted by Crippen LogP contribution is -2.28. The van der Waals surface area contributed by atoms with Gasteiger partial charge in [-0.2, -0.15) is 9.97 Å². The molecule has 1 N–H and O–H groups in total. The number of aromatic nitrogens is 3. The lowest BCUT2D eigenvalue weighted by Gasteiger charge is -2.21. The number of sulfone groups is 1. The number of thiazole rings is 1. The van der Waals surface area contributed by atoms with E-state index in [1.54, 1.807) is 32.9 Å². The van der Waals surface area contributed by atoms with Crippen molar-refractivity contribution >= 4 is 59.2 Å². The standard InChI is InChI=1S/C23H24N4O5S2/c1-13(20(28)31-5)32-21-24-15-10-8-12-17(34(29,30)23(2,3)4)18(15)19(26-21)27-22-25-14-9-6-7-11-16(14)33-22/h6-13H,1-5H3,(H,24,25,26,27)/t13-/m1/s1. The van der Waals surface area contributed by atoms with Gasteiger partial charge in [-0.05, 0) is 52.0 Å². The number of para-hydroxylation sites is 1. The Bertz CT molecular complexity index is 1460. The lowest BCUT2D eigenvalue weighted by atomic mass is 10.2. The normalized spacial score (nSPS) is 13.1. The molecule has 1 atom stereocenters. The van der Waals surface area contributed by atoms with Gasteiger partial charge < -0.3 is 14.8 Å². The maximum Gasteiger partial charge on any atom is 0.346 e. The number of fused-ring (bicyclic) bond motifs is 2. The minimum Gasteiger partial charge on any atom is -0.466 e. The number of methoxy groups -OCH3 is 1. The van der Waals surface area contributed by atoms with Crippen LogP contribution in [0.15, 0.2) is 47.4 Å². The van der Waals surface area contributed by atoms with Crippen LogP contribution in [0.4, 0.5) is 10.9 Å². The van der Waals surface area contributed by atoms with Gasteiger partial charge in [-0.3, -0.25) is 0 Å². The molecular formula is C23H24N4O5S2. The average Bonchev–Trinajstić information content (AvgIpc) is 3.19. The van der Waals surface area contributed by atoms with Gasteiger partial charge in [0.1, 0.15) is 5.82 Å². The Kier molecular flexibility index (Phi) is 6.17. The maximum atomic E-state index is 13.4. The van der Waals surface area contributed by atoms with E-state index in [2.05, 4.69) is 20.3 Å². The Morgan fingerprint density at radius 1 is 1.03 bits per heavy atom. The molecule has 4 aromatic rings. The third-order valence-corrected chi connectivity index (χ3v) is 8.58. The van der Waals surface area contributed by atoms with E-state index in [0.717, 1.165) is 10.2 Å². The van der Waals surface area contributed by atoms with E-state index in [1.165, 1.54) is 31.4 Å². The smallest absolute Gasteiger partial charge is 0.346 e. The molecule has 0 aliphatic heterocycles. The minimum absolute atomic E-state index is 0.0914. The van der Waals surface area contributed by atoms with Gasteiger partial charge in [0.2, 0.25) is 0 Å². The molecule has 178 valence electrons. The molecule has 0 amide bonds. The van der Waals surface area contributed by atoms with Crippen LogP contribution in [0, 0.1) is 0 Å². The van der Waals surface area contributed by atoms with E-state index in [1.807, 2.05) is 24.3 Å². The quantitative estimate of drug-likeness (QED) is 0.382. The van der Waals surface area contributed by atoms with Crippen LogP contribution < -0.4 is 10.1 Å². The molecule has 0 bridgehead atoms. The van der Waals surface area contributed by atoms with Crippen LogP contribution in [0.3, 0.4) is 0 Å². The number of rotatable bonds is 6. The van der Waals surface area contributed by atoms with Gasteiger partial charge in [0.25, 0.3) is 0 Å². The third-order valence-electron chi connectivity index (χ3n) is 5.09. The van der Waals surface area contributed by atoms with Crippen LogP contribution in [-0.2, 0) is 19.4 Å². The summed E-state index contributed by atoms with van der Waals surface area (Å²) in [6.45, 7) is 6.43. The molecule has 0 spiro atoms. The second-order valence-electron chi connectivity index (χ2n) is 8.52. The van der Waals surface area contributed by atoms with Crippen molar-refractivity contribution in [3.8, 4) is 6.01 Å². The lowest BCUT2D eigenvalue weighted by molar-refractivity contribution is -0.148. The van der Waals surface area contributed by atoms with Crippen molar-refractivity contribution in [1.82, 2.24) is 15.0 Å². The highest BCUT2D eigenvalue weighted by Crippen LogP contribution is 2.37. The van der Waals surface area contributed by atoms with Gasteiger partial charge in [-0.15, -0.1) is 0 Å². The van der Waals surface area contributed by atoms with Crippen LogP contribution in [0.25, 0.3) is 21.1 Å². The number of hydrogen-bond acceptors (Lipinski definition) is 10. The van der Waals surface area contributed by atoms with Crippen molar-refractivity contribution in [2.24, 2.45) is 0 Å². The largest absolute Gasteiger partial charge is 0.466 e. The summed E-state index contributed by atoms with van der Waals surface area (Å²) in [6.07, 6.45) is -0.959. The molecule has 11 heteroatoms. The highest BCUT2D eigenvalue weighted by Gasteiger charge is 2.34. The maximum absolute atomic E-state index is 13.4. The Hall–Kier alpha value is -3.31. The van der Waals surface area contributed by atoms with Crippen LogP contribution in [0.5, 0.6) is 6.01 Å². The highest BCUT2D eigenvalue weighted by molar-refractivity contribution is 7.93. The number of nitrogens with one attached hydrogen (secondary N) is 1. The fourth-order valence-corrected chi connectivity index (χ4v) is 5.48. The molecule has 34 heavy (non-hydrogen) atoms. The monoisotopic (exact) mass is 500 g/mol. The molecule has 2 aromatic heterocycles. The Morgan fingerprint density at radius 2 is 1.74 bits per heavy atom. The van der Waals surface area contributed by atoms with Gasteiger partial charge in [-0.25, -0.2) is 18.2 Å². The van der Waals surface area contributed by atoms with Gasteiger partial charge in [0.15, 0.2) is 21.1 Å². The summed E-state index contributed by atoms with van der Waals surface area (Å²) in [7, 11) is -2.49. The molecule has 0 saturated heterocycles. The molecular weight excluding hydrogens is 476 g/mol. The molecule has 9 nitrogen and oxygen atoms in total. The van der Waals surface area contributed by atoms with E-state index < -0.39 is 26.7 Å². The second-order valence-corrected chi connectivity index (χ2v) is 12.2. The summed E-state index contributed by atoms with van der Waals surface area (Å²) < 4.78 is 37.0.